The molecule has 3 heteroatoms. The quantitative estimate of drug-likeness (QED) is 0.666. The molecule has 0 saturated heterocycles. The second-order valence-electron chi connectivity index (χ2n) is 4.99. The maximum absolute atomic E-state index is 5.99. The molecular weight excluding hydrogens is 242 g/mol. The van der Waals surface area contributed by atoms with Crippen molar-refractivity contribution in [1.29, 1.82) is 0 Å². The van der Waals surface area contributed by atoms with Crippen LogP contribution in [0.3, 0.4) is 0 Å². The molecular formula is C15H21NOS. The van der Waals surface area contributed by atoms with Crippen molar-refractivity contribution < 1.29 is 4.74 Å². The summed E-state index contributed by atoms with van der Waals surface area (Å²) < 4.78 is 5.99. The van der Waals surface area contributed by atoms with Gasteiger partial charge in [0, 0.05) is 5.56 Å². The minimum Gasteiger partial charge on any atom is -0.389 e. The number of thiocarbonyl (C=S) groups is 1. The summed E-state index contributed by atoms with van der Waals surface area (Å²) in [4.78, 5) is 0.450. The molecule has 1 aromatic carbocycles. The summed E-state index contributed by atoms with van der Waals surface area (Å²) in [6.45, 7) is 0.697. The first kappa shape index (κ1) is 13.5. The van der Waals surface area contributed by atoms with Crippen LogP contribution in [0.5, 0.6) is 0 Å². The molecule has 0 unspecified atom stereocenters. The van der Waals surface area contributed by atoms with Gasteiger partial charge in [-0.25, -0.2) is 0 Å². The zero-order valence-electron chi connectivity index (χ0n) is 10.7. The summed E-state index contributed by atoms with van der Waals surface area (Å²) in [7, 11) is 0. The van der Waals surface area contributed by atoms with Gasteiger partial charge in [0.2, 0.25) is 0 Å². The van der Waals surface area contributed by atoms with E-state index in [9.17, 15) is 0 Å². The van der Waals surface area contributed by atoms with E-state index in [0.29, 0.717) is 17.7 Å². The van der Waals surface area contributed by atoms with Gasteiger partial charge in [0.1, 0.15) is 4.99 Å². The van der Waals surface area contributed by atoms with Crippen molar-refractivity contribution in [3.8, 4) is 0 Å². The molecule has 0 aromatic heterocycles. The van der Waals surface area contributed by atoms with Crippen molar-refractivity contribution in [3.63, 3.8) is 0 Å². The molecule has 2 nitrogen and oxygen atoms in total. The van der Waals surface area contributed by atoms with Crippen LogP contribution in [-0.2, 0) is 11.3 Å². The Morgan fingerprint density at radius 2 is 1.72 bits per heavy atom. The molecule has 0 atom stereocenters. The lowest BCUT2D eigenvalue weighted by atomic mass is 10.1. The molecule has 0 bridgehead atoms. The summed E-state index contributed by atoms with van der Waals surface area (Å²) in [5.74, 6) is 0. The van der Waals surface area contributed by atoms with E-state index >= 15 is 0 Å². The van der Waals surface area contributed by atoms with Crippen molar-refractivity contribution in [2.45, 2.75) is 51.2 Å². The van der Waals surface area contributed by atoms with Gasteiger partial charge < -0.3 is 10.5 Å². The van der Waals surface area contributed by atoms with E-state index in [0.717, 1.165) is 5.56 Å². The Morgan fingerprint density at radius 1 is 1.11 bits per heavy atom. The van der Waals surface area contributed by atoms with Crippen LogP contribution in [0.15, 0.2) is 24.3 Å². The van der Waals surface area contributed by atoms with Crippen LogP contribution in [0.2, 0.25) is 0 Å². The summed E-state index contributed by atoms with van der Waals surface area (Å²) in [6, 6.07) is 8.03. The second-order valence-corrected chi connectivity index (χ2v) is 5.43. The number of hydrogen-bond donors (Lipinski definition) is 1. The number of ether oxygens (including phenoxy) is 1. The highest BCUT2D eigenvalue weighted by Gasteiger charge is 2.12. The van der Waals surface area contributed by atoms with Gasteiger partial charge in [-0.3, -0.25) is 0 Å². The molecule has 1 aromatic rings. The lowest BCUT2D eigenvalue weighted by molar-refractivity contribution is 0.0310. The average molecular weight is 263 g/mol. The number of hydrogen-bond acceptors (Lipinski definition) is 2. The highest BCUT2D eigenvalue weighted by Crippen LogP contribution is 2.20. The van der Waals surface area contributed by atoms with Gasteiger partial charge in [0.05, 0.1) is 12.7 Å². The maximum atomic E-state index is 5.99. The first-order valence-electron chi connectivity index (χ1n) is 6.76. The van der Waals surface area contributed by atoms with Crippen LogP contribution < -0.4 is 5.73 Å². The molecule has 1 aliphatic rings. The summed E-state index contributed by atoms with van der Waals surface area (Å²) >= 11 is 4.93. The fraction of sp³-hybridized carbons (Fsp3) is 0.533. The minimum atomic E-state index is 0.447. The van der Waals surface area contributed by atoms with E-state index in [1.165, 1.54) is 44.1 Å². The van der Waals surface area contributed by atoms with Crippen molar-refractivity contribution in [2.75, 3.05) is 0 Å². The number of rotatable bonds is 4. The Kier molecular flexibility index (Phi) is 5.14. The van der Waals surface area contributed by atoms with Crippen LogP contribution >= 0.6 is 12.2 Å². The van der Waals surface area contributed by atoms with Gasteiger partial charge in [0.25, 0.3) is 0 Å². The topological polar surface area (TPSA) is 35.2 Å². The summed E-state index contributed by atoms with van der Waals surface area (Å²) in [6.07, 6.45) is 8.22. The number of benzene rings is 1. The average Bonchev–Trinajstić information content (AvgIpc) is 2.65. The monoisotopic (exact) mass is 263 g/mol. The predicted octanol–water partition coefficient (Wildman–Crippen LogP) is 3.56. The Labute approximate surface area is 115 Å². The summed E-state index contributed by atoms with van der Waals surface area (Å²) in [5.41, 5.74) is 7.69. The first-order valence-corrected chi connectivity index (χ1v) is 7.17. The van der Waals surface area contributed by atoms with Crippen LogP contribution in [0.1, 0.15) is 49.7 Å². The highest BCUT2D eigenvalue weighted by atomic mass is 32.1. The third kappa shape index (κ3) is 4.07. The zero-order valence-corrected chi connectivity index (χ0v) is 11.5. The van der Waals surface area contributed by atoms with Crippen molar-refractivity contribution in [2.24, 2.45) is 5.73 Å². The Morgan fingerprint density at radius 3 is 2.28 bits per heavy atom. The van der Waals surface area contributed by atoms with Crippen LogP contribution in [-0.4, -0.2) is 11.1 Å². The molecule has 1 aliphatic carbocycles. The van der Waals surface area contributed by atoms with E-state index < -0.39 is 0 Å². The molecule has 1 saturated carbocycles. The van der Waals surface area contributed by atoms with Gasteiger partial charge in [-0.1, -0.05) is 62.2 Å². The lowest BCUT2D eigenvalue weighted by Gasteiger charge is -2.15. The Hall–Kier alpha value is -0.930. The van der Waals surface area contributed by atoms with Gasteiger partial charge in [-0.05, 0) is 18.4 Å². The van der Waals surface area contributed by atoms with Gasteiger partial charge in [-0.15, -0.1) is 0 Å². The standard InChI is InChI=1S/C15H21NOS/c16-15(18)13-9-7-12(8-10-13)11-17-14-5-3-1-2-4-6-14/h7-10,14H,1-6,11H2,(H2,16,18). The first-order chi connectivity index (χ1) is 8.75. The lowest BCUT2D eigenvalue weighted by Crippen LogP contribution is -2.12. The SMILES string of the molecule is NC(=S)c1ccc(COC2CCCCCC2)cc1. The Bertz CT molecular complexity index is 380. The van der Waals surface area contributed by atoms with Crippen LogP contribution in [0.4, 0.5) is 0 Å². The number of nitrogens with two attached hydrogens (primary N) is 1. The molecule has 0 spiro atoms. The van der Waals surface area contributed by atoms with Gasteiger partial charge in [0.15, 0.2) is 0 Å². The molecule has 0 heterocycles. The molecule has 2 rings (SSSR count). The maximum Gasteiger partial charge on any atom is 0.103 e. The highest BCUT2D eigenvalue weighted by molar-refractivity contribution is 7.80. The fourth-order valence-corrected chi connectivity index (χ4v) is 2.52. The van der Waals surface area contributed by atoms with E-state index in [4.69, 9.17) is 22.7 Å². The van der Waals surface area contributed by atoms with Gasteiger partial charge >= 0.3 is 0 Å². The van der Waals surface area contributed by atoms with Crippen molar-refractivity contribution >= 4 is 17.2 Å². The molecule has 0 aliphatic heterocycles. The van der Waals surface area contributed by atoms with Crippen LogP contribution in [0.25, 0.3) is 0 Å². The van der Waals surface area contributed by atoms with E-state index in [1.807, 2.05) is 24.3 Å². The van der Waals surface area contributed by atoms with E-state index in [2.05, 4.69) is 0 Å². The van der Waals surface area contributed by atoms with E-state index in [1.54, 1.807) is 0 Å². The third-order valence-electron chi connectivity index (χ3n) is 3.53. The largest absolute Gasteiger partial charge is 0.389 e. The van der Waals surface area contributed by atoms with Gasteiger partial charge in [-0.2, -0.15) is 0 Å². The molecule has 18 heavy (non-hydrogen) atoms. The smallest absolute Gasteiger partial charge is 0.103 e. The zero-order chi connectivity index (χ0) is 12.8. The van der Waals surface area contributed by atoms with Crippen molar-refractivity contribution in [1.82, 2.24) is 0 Å². The Balaban J connectivity index is 1.83. The molecule has 98 valence electrons. The summed E-state index contributed by atoms with van der Waals surface area (Å²) in [5, 5.41) is 0. The molecule has 1 fully saturated rings. The van der Waals surface area contributed by atoms with Crippen LogP contribution in [0, 0.1) is 0 Å². The van der Waals surface area contributed by atoms with Crippen molar-refractivity contribution in [3.05, 3.63) is 35.4 Å². The predicted molar refractivity (Wildman–Crippen MR) is 78.6 cm³/mol. The van der Waals surface area contributed by atoms with E-state index in [-0.39, 0.29) is 0 Å². The normalized spacial score (nSPS) is 17.3. The minimum absolute atomic E-state index is 0.447. The fourth-order valence-electron chi connectivity index (χ4n) is 2.39. The molecule has 0 amide bonds. The third-order valence-corrected chi connectivity index (χ3v) is 3.76. The molecule has 0 radical (unpaired) electrons. The molecule has 2 N–H and O–H groups in total. The second kappa shape index (κ2) is 6.86.